The molecule has 0 spiro atoms. The van der Waals surface area contributed by atoms with Gasteiger partial charge in [0.25, 0.3) is 5.91 Å². The van der Waals surface area contributed by atoms with Crippen molar-refractivity contribution in [2.75, 3.05) is 0 Å². The number of rotatable bonds is 7. The molecule has 10 heteroatoms. The van der Waals surface area contributed by atoms with Crippen molar-refractivity contribution in [1.82, 2.24) is 5.43 Å². The maximum Gasteiger partial charge on any atom is 0.343 e. The third-order valence-corrected chi connectivity index (χ3v) is 5.79. The summed E-state index contributed by atoms with van der Waals surface area (Å²) in [5.74, 6) is -1.62. The van der Waals surface area contributed by atoms with Gasteiger partial charge in [-0.25, -0.2) is 15.0 Å². The maximum atomic E-state index is 12.7. The second-order valence-electron chi connectivity index (χ2n) is 7.70. The Morgan fingerprint density at radius 1 is 0.632 bits per heavy atom. The Morgan fingerprint density at radius 3 is 1.63 bits per heavy atom. The summed E-state index contributed by atoms with van der Waals surface area (Å²) >= 11 is 17.6. The predicted molar refractivity (Wildman–Crippen MR) is 146 cm³/mol. The van der Waals surface area contributed by atoms with Gasteiger partial charge in [0.2, 0.25) is 0 Å². The molecule has 0 atom stereocenters. The number of ether oxygens (including phenoxy) is 2. The lowest BCUT2D eigenvalue weighted by Gasteiger charge is -2.11. The van der Waals surface area contributed by atoms with E-state index < -0.39 is 17.8 Å². The standard InChI is InChI=1S/C28H17Cl3N2O5/c29-21-8-1-17(2-9-21)26(34)33-32-16-20-7-14-24(37-27(35)18-3-10-22(30)11-4-18)15-25(20)38-28(36)19-5-12-23(31)13-6-19/h1-16H,(H,33,34)/b32-16-. The number of hydrogen-bond donors (Lipinski definition) is 1. The molecule has 1 N–H and O–H groups in total. The Balaban J connectivity index is 1.56. The monoisotopic (exact) mass is 566 g/mol. The van der Waals surface area contributed by atoms with Crippen LogP contribution in [0.1, 0.15) is 36.6 Å². The van der Waals surface area contributed by atoms with Gasteiger partial charge in [0, 0.05) is 32.3 Å². The van der Waals surface area contributed by atoms with Crippen LogP contribution in [0.4, 0.5) is 0 Å². The molecule has 4 aromatic rings. The smallest absolute Gasteiger partial charge is 0.343 e. The average molecular weight is 568 g/mol. The first-order chi connectivity index (χ1) is 18.3. The van der Waals surface area contributed by atoms with Gasteiger partial charge in [-0.05, 0) is 84.9 Å². The molecule has 0 radical (unpaired) electrons. The van der Waals surface area contributed by atoms with E-state index in [2.05, 4.69) is 10.5 Å². The Kier molecular flexibility index (Phi) is 8.76. The second-order valence-corrected chi connectivity index (χ2v) is 9.01. The zero-order valence-corrected chi connectivity index (χ0v) is 21.6. The normalized spacial score (nSPS) is 10.7. The van der Waals surface area contributed by atoms with Crippen molar-refractivity contribution in [3.05, 3.63) is 128 Å². The zero-order valence-electron chi connectivity index (χ0n) is 19.4. The fraction of sp³-hybridized carbons (Fsp3) is 0. The highest BCUT2D eigenvalue weighted by Gasteiger charge is 2.15. The number of carbonyl (C=O) groups is 3. The lowest BCUT2D eigenvalue weighted by atomic mass is 10.2. The number of nitrogens with one attached hydrogen (secondary N) is 1. The van der Waals surface area contributed by atoms with Gasteiger partial charge in [0.1, 0.15) is 11.5 Å². The van der Waals surface area contributed by atoms with Gasteiger partial charge in [0.05, 0.1) is 17.3 Å². The summed E-state index contributed by atoms with van der Waals surface area (Å²) in [6.07, 6.45) is 1.29. The molecule has 0 bridgehead atoms. The summed E-state index contributed by atoms with van der Waals surface area (Å²) < 4.78 is 11.0. The van der Waals surface area contributed by atoms with Gasteiger partial charge < -0.3 is 9.47 Å². The van der Waals surface area contributed by atoms with Crippen LogP contribution in [-0.4, -0.2) is 24.1 Å². The number of amides is 1. The summed E-state index contributed by atoms with van der Waals surface area (Å²) in [4.78, 5) is 37.6. The quantitative estimate of drug-likeness (QED) is 0.114. The molecule has 190 valence electrons. The summed E-state index contributed by atoms with van der Waals surface area (Å²) in [6, 6.07) is 23.0. The Bertz CT molecular complexity index is 1500. The van der Waals surface area contributed by atoms with Crippen LogP contribution in [0.25, 0.3) is 0 Å². The number of halogens is 3. The summed E-state index contributed by atoms with van der Waals surface area (Å²) in [5.41, 5.74) is 3.60. The third kappa shape index (κ3) is 7.20. The Labute approximate surface area is 232 Å². The van der Waals surface area contributed by atoms with Gasteiger partial charge in [-0.3, -0.25) is 4.79 Å². The topological polar surface area (TPSA) is 94.1 Å². The molecule has 0 saturated heterocycles. The number of hydrogen-bond acceptors (Lipinski definition) is 6. The first kappa shape index (κ1) is 26.9. The van der Waals surface area contributed by atoms with Crippen molar-refractivity contribution in [1.29, 1.82) is 0 Å². The highest BCUT2D eigenvalue weighted by molar-refractivity contribution is 6.31. The number of hydrazone groups is 1. The highest BCUT2D eigenvalue weighted by Crippen LogP contribution is 2.26. The lowest BCUT2D eigenvalue weighted by Crippen LogP contribution is -2.17. The molecule has 0 aliphatic heterocycles. The fourth-order valence-corrected chi connectivity index (χ4v) is 3.47. The van der Waals surface area contributed by atoms with Gasteiger partial charge in [-0.2, -0.15) is 5.10 Å². The van der Waals surface area contributed by atoms with Crippen molar-refractivity contribution in [2.45, 2.75) is 0 Å². The van der Waals surface area contributed by atoms with Crippen molar-refractivity contribution >= 4 is 58.9 Å². The minimum Gasteiger partial charge on any atom is -0.423 e. The molecule has 0 aliphatic rings. The fourth-order valence-electron chi connectivity index (χ4n) is 3.10. The van der Waals surface area contributed by atoms with Crippen LogP contribution in [0.15, 0.2) is 96.1 Å². The van der Waals surface area contributed by atoms with E-state index in [1.165, 1.54) is 48.7 Å². The van der Waals surface area contributed by atoms with E-state index in [1.807, 2.05) is 0 Å². The molecule has 1 amide bonds. The summed E-state index contributed by atoms with van der Waals surface area (Å²) in [5, 5.41) is 5.38. The second kappa shape index (κ2) is 12.4. The molecule has 0 aliphatic carbocycles. The van der Waals surface area contributed by atoms with Crippen molar-refractivity contribution in [3.8, 4) is 11.5 Å². The first-order valence-electron chi connectivity index (χ1n) is 11.0. The largest absolute Gasteiger partial charge is 0.423 e. The minimum absolute atomic E-state index is 0.0378. The van der Waals surface area contributed by atoms with Crippen LogP contribution in [0.3, 0.4) is 0 Å². The van der Waals surface area contributed by atoms with Gasteiger partial charge in [-0.1, -0.05) is 34.8 Å². The minimum atomic E-state index is -0.678. The Morgan fingerprint density at radius 2 is 1.11 bits per heavy atom. The molecule has 4 rings (SSSR count). The maximum absolute atomic E-state index is 12.7. The molecule has 7 nitrogen and oxygen atoms in total. The number of esters is 2. The van der Waals surface area contributed by atoms with Crippen LogP contribution < -0.4 is 14.9 Å². The van der Waals surface area contributed by atoms with E-state index in [0.717, 1.165) is 0 Å². The SMILES string of the molecule is O=C(N/N=C\c1ccc(OC(=O)c2ccc(Cl)cc2)cc1OC(=O)c1ccc(Cl)cc1)c1ccc(Cl)cc1. The molecule has 0 saturated carbocycles. The first-order valence-corrected chi connectivity index (χ1v) is 12.1. The van der Waals surface area contributed by atoms with E-state index in [-0.39, 0.29) is 22.6 Å². The summed E-state index contributed by atoms with van der Waals surface area (Å²) in [7, 11) is 0. The van der Waals surface area contributed by atoms with Crippen LogP contribution in [0, 0.1) is 0 Å². The van der Waals surface area contributed by atoms with Crippen LogP contribution in [0.5, 0.6) is 11.5 Å². The molecule has 0 unspecified atom stereocenters. The van der Waals surface area contributed by atoms with Gasteiger partial charge in [-0.15, -0.1) is 0 Å². The molecular formula is C28H17Cl3N2O5. The molecule has 0 aromatic heterocycles. The Hall–Kier alpha value is -4.17. The number of benzene rings is 4. The predicted octanol–water partition coefficient (Wildman–Crippen LogP) is 6.85. The lowest BCUT2D eigenvalue weighted by molar-refractivity contribution is 0.0732. The number of carbonyl (C=O) groups excluding carboxylic acids is 3. The zero-order chi connectivity index (χ0) is 27.1. The van der Waals surface area contributed by atoms with Crippen molar-refractivity contribution < 1.29 is 23.9 Å². The van der Waals surface area contributed by atoms with Crippen molar-refractivity contribution in [3.63, 3.8) is 0 Å². The average Bonchev–Trinajstić information content (AvgIpc) is 2.91. The van der Waals surface area contributed by atoms with E-state index in [1.54, 1.807) is 48.5 Å². The van der Waals surface area contributed by atoms with E-state index in [4.69, 9.17) is 44.3 Å². The highest BCUT2D eigenvalue weighted by atomic mass is 35.5. The molecule has 0 fully saturated rings. The van der Waals surface area contributed by atoms with Crippen molar-refractivity contribution in [2.24, 2.45) is 5.10 Å². The molecule has 38 heavy (non-hydrogen) atoms. The molecular weight excluding hydrogens is 551 g/mol. The van der Waals surface area contributed by atoms with E-state index in [0.29, 0.717) is 26.2 Å². The summed E-state index contributed by atoms with van der Waals surface area (Å²) in [6.45, 7) is 0. The third-order valence-electron chi connectivity index (χ3n) is 5.03. The number of nitrogens with zero attached hydrogens (tertiary/aromatic N) is 1. The van der Waals surface area contributed by atoms with Crippen LogP contribution >= 0.6 is 34.8 Å². The van der Waals surface area contributed by atoms with Gasteiger partial charge in [0.15, 0.2) is 0 Å². The van der Waals surface area contributed by atoms with Gasteiger partial charge >= 0.3 is 11.9 Å². The molecule has 0 heterocycles. The van der Waals surface area contributed by atoms with E-state index >= 15 is 0 Å². The van der Waals surface area contributed by atoms with Crippen LogP contribution in [0.2, 0.25) is 15.1 Å². The molecule has 4 aromatic carbocycles. The van der Waals surface area contributed by atoms with Crippen LogP contribution in [-0.2, 0) is 0 Å². The van der Waals surface area contributed by atoms with E-state index in [9.17, 15) is 14.4 Å².